The van der Waals surface area contributed by atoms with Gasteiger partial charge in [0.2, 0.25) is 5.78 Å². The number of rotatable bonds is 2. The second-order valence-electron chi connectivity index (χ2n) is 5.64. The molecule has 4 rings (SSSR count). The van der Waals surface area contributed by atoms with Crippen LogP contribution < -0.4 is 0 Å². The number of ketones is 2. The Hall–Kier alpha value is -3.05. The van der Waals surface area contributed by atoms with Gasteiger partial charge >= 0.3 is 0 Å². The molecule has 1 aliphatic carbocycles. The molecule has 0 bridgehead atoms. The van der Waals surface area contributed by atoms with Gasteiger partial charge in [0.15, 0.2) is 5.78 Å². The number of hydrogen-bond acceptors (Lipinski definition) is 5. The lowest BCUT2D eigenvalue weighted by molar-refractivity contribution is 0.0974. The monoisotopic (exact) mass is 348 g/mol. The fraction of sp³-hybridized carbons (Fsp3) is 0. The summed E-state index contributed by atoms with van der Waals surface area (Å²) in [4.78, 5) is 27.1. The van der Waals surface area contributed by atoms with Crippen molar-refractivity contribution < 1.29 is 19.8 Å². The molecule has 3 aromatic carbocycles. The zero-order valence-electron chi connectivity index (χ0n) is 12.9. The van der Waals surface area contributed by atoms with E-state index in [0.717, 1.165) is 4.90 Å². The van der Waals surface area contributed by atoms with Crippen LogP contribution in [-0.4, -0.2) is 21.8 Å². The van der Waals surface area contributed by atoms with E-state index in [-0.39, 0.29) is 39.5 Å². The Morgan fingerprint density at radius 1 is 0.640 bits per heavy atom. The molecule has 5 heteroatoms. The highest BCUT2D eigenvalue weighted by Crippen LogP contribution is 2.40. The van der Waals surface area contributed by atoms with Crippen molar-refractivity contribution >= 4 is 23.3 Å². The van der Waals surface area contributed by atoms with Gasteiger partial charge in [0, 0.05) is 20.9 Å². The summed E-state index contributed by atoms with van der Waals surface area (Å²) >= 11 is 1.39. The minimum atomic E-state index is -0.545. The highest BCUT2D eigenvalue weighted by Gasteiger charge is 2.34. The Morgan fingerprint density at radius 3 is 2.12 bits per heavy atom. The molecule has 0 spiro atoms. The van der Waals surface area contributed by atoms with Gasteiger partial charge < -0.3 is 10.2 Å². The summed E-state index contributed by atoms with van der Waals surface area (Å²) in [6.45, 7) is 0. The lowest BCUT2D eigenvalue weighted by atomic mass is 9.83. The van der Waals surface area contributed by atoms with Gasteiger partial charge in [0.1, 0.15) is 11.5 Å². The quantitative estimate of drug-likeness (QED) is 0.572. The first kappa shape index (κ1) is 15.5. The third-order valence-corrected chi connectivity index (χ3v) is 5.04. The number of aromatic hydroxyl groups is 2. The average molecular weight is 348 g/mol. The van der Waals surface area contributed by atoms with Crippen LogP contribution in [0.1, 0.15) is 31.8 Å². The molecule has 0 atom stereocenters. The van der Waals surface area contributed by atoms with E-state index in [4.69, 9.17) is 0 Å². The Balaban J connectivity index is 1.85. The fourth-order valence-corrected chi connectivity index (χ4v) is 3.85. The van der Waals surface area contributed by atoms with Crippen LogP contribution >= 0.6 is 11.8 Å². The van der Waals surface area contributed by atoms with Crippen LogP contribution in [0.15, 0.2) is 70.5 Å². The Bertz CT molecular complexity index is 1030. The van der Waals surface area contributed by atoms with Crippen LogP contribution in [0.25, 0.3) is 0 Å². The van der Waals surface area contributed by atoms with E-state index in [1.54, 1.807) is 6.07 Å². The maximum Gasteiger partial charge on any atom is 0.201 e. The van der Waals surface area contributed by atoms with Crippen molar-refractivity contribution in [1.29, 1.82) is 0 Å². The summed E-state index contributed by atoms with van der Waals surface area (Å²) in [7, 11) is 0. The van der Waals surface area contributed by atoms with Gasteiger partial charge in [0.05, 0.1) is 11.1 Å². The van der Waals surface area contributed by atoms with E-state index < -0.39 is 5.78 Å². The van der Waals surface area contributed by atoms with Crippen LogP contribution in [0.5, 0.6) is 11.5 Å². The molecule has 122 valence electrons. The summed E-state index contributed by atoms with van der Waals surface area (Å²) in [6, 6.07) is 17.0. The largest absolute Gasteiger partial charge is 0.507 e. The summed E-state index contributed by atoms with van der Waals surface area (Å²) in [5.41, 5.74) is 0.190. The summed E-state index contributed by atoms with van der Waals surface area (Å²) in [5, 5.41) is 20.3. The summed E-state index contributed by atoms with van der Waals surface area (Å²) < 4.78 is 0. The van der Waals surface area contributed by atoms with E-state index in [1.165, 1.54) is 36.0 Å². The van der Waals surface area contributed by atoms with Crippen LogP contribution in [0.4, 0.5) is 0 Å². The molecule has 2 N–H and O–H groups in total. The summed E-state index contributed by atoms with van der Waals surface area (Å²) in [6.07, 6.45) is 0. The minimum Gasteiger partial charge on any atom is -0.507 e. The number of carbonyl (C=O) groups excluding carboxylic acids is 2. The molecular formula is C20H12O4S. The van der Waals surface area contributed by atoms with Gasteiger partial charge in [-0.25, -0.2) is 0 Å². The maximum atomic E-state index is 12.8. The lowest BCUT2D eigenvalue weighted by Gasteiger charge is -2.20. The number of hydrogen-bond donors (Lipinski definition) is 2. The molecule has 0 saturated heterocycles. The molecule has 1 aliphatic rings. The van der Waals surface area contributed by atoms with Crippen LogP contribution in [0.2, 0.25) is 0 Å². The zero-order valence-corrected chi connectivity index (χ0v) is 13.7. The number of phenolic OH excluding ortho intramolecular Hbond substituents is 2. The van der Waals surface area contributed by atoms with Crippen molar-refractivity contribution in [2.75, 3.05) is 0 Å². The van der Waals surface area contributed by atoms with Crippen molar-refractivity contribution in [2.24, 2.45) is 0 Å². The second-order valence-corrected chi connectivity index (χ2v) is 6.78. The standard InChI is InChI=1S/C20H12O4S/c21-15-8-4-7-13-17(15)20(24)18-14(19(13)23)9-12(10-16(18)22)25-11-5-2-1-3-6-11/h1-10,21-22H. The molecular weight excluding hydrogens is 336 g/mol. The number of phenols is 2. The summed E-state index contributed by atoms with van der Waals surface area (Å²) in [5.74, 6) is -1.45. The van der Waals surface area contributed by atoms with Gasteiger partial charge in [-0.05, 0) is 30.3 Å². The van der Waals surface area contributed by atoms with E-state index in [2.05, 4.69) is 0 Å². The Morgan fingerprint density at radius 2 is 1.36 bits per heavy atom. The molecule has 0 fully saturated rings. The maximum absolute atomic E-state index is 12.8. The minimum absolute atomic E-state index is 0.0567. The predicted molar refractivity (Wildman–Crippen MR) is 93.6 cm³/mol. The fourth-order valence-electron chi connectivity index (χ4n) is 2.94. The molecule has 0 unspecified atom stereocenters. The molecule has 0 aromatic heterocycles. The van der Waals surface area contributed by atoms with E-state index in [1.807, 2.05) is 30.3 Å². The van der Waals surface area contributed by atoms with Gasteiger partial charge in [-0.3, -0.25) is 9.59 Å². The topological polar surface area (TPSA) is 74.6 Å². The molecule has 4 nitrogen and oxygen atoms in total. The van der Waals surface area contributed by atoms with Gasteiger partial charge in [-0.1, -0.05) is 42.1 Å². The van der Waals surface area contributed by atoms with Crippen molar-refractivity contribution in [1.82, 2.24) is 0 Å². The number of fused-ring (bicyclic) bond motifs is 2. The average Bonchev–Trinajstić information content (AvgIpc) is 2.60. The smallest absolute Gasteiger partial charge is 0.201 e. The van der Waals surface area contributed by atoms with Gasteiger partial charge in [-0.2, -0.15) is 0 Å². The second kappa shape index (κ2) is 5.79. The molecule has 0 radical (unpaired) electrons. The number of carbonyl (C=O) groups is 2. The zero-order chi connectivity index (χ0) is 17.6. The highest BCUT2D eigenvalue weighted by molar-refractivity contribution is 7.99. The molecule has 0 aliphatic heterocycles. The van der Waals surface area contributed by atoms with Gasteiger partial charge in [0.25, 0.3) is 0 Å². The normalized spacial score (nSPS) is 12.6. The van der Waals surface area contributed by atoms with E-state index in [0.29, 0.717) is 4.90 Å². The molecule has 25 heavy (non-hydrogen) atoms. The third kappa shape index (κ3) is 2.49. The third-order valence-electron chi connectivity index (χ3n) is 4.06. The Kier molecular flexibility index (Phi) is 3.58. The first-order chi connectivity index (χ1) is 12.1. The van der Waals surface area contributed by atoms with E-state index >= 15 is 0 Å². The van der Waals surface area contributed by atoms with Crippen molar-refractivity contribution in [3.05, 3.63) is 82.9 Å². The molecule has 3 aromatic rings. The van der Waals surface area contributed by atoms with Crippen molar-refractivity contribution in [3.63, 3.8) is 0 Å². The molecule has 0 saturated carbocycles. The SMILES string of the molecule is O=C1c2cccc(O)c2C(=O)c2c(O)cc(Sc3ccccc3)cc21. The van der Waals surface area contributed by atoms with Gasteiger partial charge in [-0.15, -0.1) is 0 Å². The highest BCUT2D eigenvalue weighted by atomic mass is 32.2. The first-order valence-electron chi connectivity index (χ1n) is 7.57. The lowest BCUT2D eigenvalue weighted by Crippen LogP contribution is -2.21. The number of benzene rings is 3. The first-order valence-corrected chi connectivity index (χ1v) is 8.39. The molecule has 0 heterocycles. The van der Waals surface area contributed by atoms with Crippen molar-refractivity contribution in [3.8, 4) is 11.5 Å². The molecule has 0 amide bonds. The Labute approximate surface area is 147 Å². The van der Waals surface area contributed by atoms with Crippen molar-refractivity contribution in [2.45, 2.75) is 9.79 Å². The predicted octanol–water partition coefficient (Wildman–Crippen LogP) is 4.02. The van der Waals surface area contributed by atoms with Crippen LogP contribution in [0, 0.1) is 0 Å². The van der Waals surface area contributed by atoms with E-state index in [9.17, 15) is 19.8 Å². The van der Waals surface area contributed by atoms with Crippen LogP contribution in [-0.2, 0) is 0 Å². The van der Waals surface area contributed by atoms with Crippen LogP contribution in [0.3, 0.4) is 0 Å².